The van der Waals surface area contributed by atoms with Gasteiger partial charge in [-0.3, -0.25) is 24.5 Å². The highest BCUT2D eigenvalue weighted by molar-refractivity contribution is 6.13. The summed E-state index contributed by atoms with van der Waals surface area (Å²) >= 11 is 0. The van der Waals surface area contributed by atoms with E-state index in [-0.39, 0.29) is 0 Å². The van der Waals surface area contributed by atoms with Crippen LogP contribution in [0.15, 0.2) is 304 Å². The quantitative estimate of drug-likeness (QED) is 0.128. The molecule has 0 N–H and O–H groups in total. The molecule has 0 bridgehead atoms. The van der Waals surface area contributed by atoms with Crippen LogP contribution in [0.5, 0.6) is 0 Å². The van der Waals surface area contributed by atoms with Gasteiger partial charge in [0.1, 0.15) is 5.82 Å². The second-order valence-corrected chi connectivity index (χ2v) is 22.0. The van der Waals surface area contributed by atoms with Crippen LogP contribution in [0.2, 0.25) is 0 Å². The molecule has 0 aliphatic carbocycles. The van der Waals surface area contributed by atoms with Crippen molar-refractivity contribution in [3.05, 3.63) is 310 Å². The molecule has 9 aromatic carbocycles. The number of rotatable bonds is 11. The van der Waals surface area contributed by atoms with Crippen molar-refractivity contribution in [2.45, 2.75) is 0 Å². The third kappa shape index (κ3) is 9.33. The van der Waals surface area contributed by atoms with E-state index in [4.69, 9.17) is 24.9 Å². The maximum Gasteiger partial charge on any atom is 0.138 e. The summed E-state index contributed by atoms with van der Waals surface area (Å²) in [6.07, 6.45) is 9.89. The molecule has 0 amide bonds. The number of nitriles is 1. The first-order valence-electron chi connectivity index (χ1n) is 29.3. The molecule has 7 heterocycles. The predicted octanol–water partition coefficient (Wildman–Crippen LogP) is 19.7. The molecule has 7 aromatic heterocycles. The summed E-state index contributed by atoms with van der Waals surface area (Å²) in [7, 11) is 0. The highest BCUT2D eigenvalue weighted by Gasteiger charge is 2.22. The van der Waals surface area contributed by atoms with Gasteiger partial charge in [-0.2, -0.15) is 5.26 Å². The van der Waals surface area contributed by atoms with Crippen LogP contribution in [0, 0.1) is 11.3 Å². The number of hydrogen-bond acceptors (Lipinski definition) is 6. The Labute approximate surface area is 507 Å². The van der Waals surface area contributed by atoms with Crippen molar-refractivity contribution in [1.29, 1.82) is 5.26 Å². The molecule has 0 spiro atoms. The molecule has 0 unspecified atom stereocenters. The molecule has 0 fully saturated rings. The van der Waals surface area contributed by atoms with Crippen LogP contribution < -0.4 is 0 Å². The van der Waals surface area contributed by atoms with Crippen LogP contribution in [-0.4, -0.2) is 34.1 Å². The lowest BCUT2D eigenvalue weighted by Crippen LogP contribution is -2.04. The number of nitrogens with zero attached hydrogens (tertiary/aromatic N) is 8. The number of aromatic nitrogens is 7. The Morgan fingerprint density at radius 2 is 0.557 bits per heavy atom. The largest absolute Gasteiger partial charge is 0.307 e. The number of pyridine rings is 5. The first kappa shape index (κ1) is 51.5. The van der Waals surface area contributed by atoms with Crippen molar-refractivity contribution >= 4 is 43.6 Å². The molecule has 88 heavy (non-hydrogen) atoms. The zero-order chi connectivity index (χ0) is 58.5. The first-order valence-corrected chi connectivity index (χ1v) is 29.3. The van der Waals surface area contributed by atoms with Crippen molar-refractivity contribution in [3.8, 4) is 118 Å². The Morgan fingerprint density at radius 1 is 0.250 bits per heavy atom. The second kappa shape index (κ2) is 21.8. The number of fused-ring (bicyclic) bond motifs is 6. The van der Waals surface area contributed by atoms with Gasteiger partial charge in [0.05, 0.1) is 68.4 Å². The lowest BCUT2D eigenvalue weighted by molar-refractivity contribution is 1.06. The van der Waals surface area contributed by atoms with Crippen molar-refractivity contribution < 1.29 is 0 Å². The normalized spacial score (nSPS) is 11.4. The molecule has 0 saturated carbocycles. The van der Waals surface area contributed by atoms with Gasteiger partial charge < -0.3 is 4.57 Å². The predicted molar refractivity (Wildman–Crippen MR) is 358 cm³/mol. The smallest absolute Gasteiger partial charge is 0.138 e. The van der Waals surface area contributed by atoms with Gasteiger partial charge in [-0.1, -0.05) is 206 Å². The van der Waals surface area contributed by atoms with E-state index in [0.717, 1.165) is 156 Å². The lowest BCUT2D eigenvalue weighted by Gasteiger charge is -2.17. The summed E-state index contributed by atoms with van der Waals surface area (Å²) < 4.78 is 4.66. The van der Waals surface area contributed by atoms with Crippen LogP contribution in [0.25, 0.3) is 156 Å². The Hall–Kier alpha value is -12.2. The van der Waals surface area contributed by atoms with E-state index >= 15 is 0 Å². The number of benzene rings is 9. The van der Waals surface area contributed by atoms with Gasteiger partial charge in [0.25, 0.3) is 0 Å². The van der Waals surface area contributed by atoms with E-state index in [1.807, 2.05) is 128 Å². The van der Waals surface area contributed by atoms with E-state index in [2.05, 4.69) is 191 Å². The molecule has 0 radical (unpaired) electrons. The van der Waals surface area contributed by atoms with Crippen molar-refractivity contribution in [2.75, 3.05) is 0 Å². The van der Waals surface area contributed by atoms with Crippen LogP contribution in [0.3, 0.4) is 0 Å². The lowest BCUT2D eigenvalue weighted by atomic mass is 10.0. The van der Waals surface area contributed by atoms with Gasteiger partial charge in [-0.15, -0.1) is 0 Å². The van der Waals surface area contributed by atoms with Crippen LogP contribution in [0.1, 0.15) is 5.56 Å². The minimum Gasteiger partial charge on any atom is -0.307 e. The molecule has 0 saturated heterocycles. The summed E-state index contributed by atoms with van der Waals surface area (Å²) in [5.74, 6) is 0.726. The Kier molecular flexibility index (Phi) is 12.7. The molecule has 8 heteroatoms. The summed E-state index contributed by atoms with van der Waals surface area (Å²) in [5.41, 5.74) is 23.3. The van der Waals surface area contributed by atoms with Gasteiger partial charge >= 0.3 is 0 Å². The Balaban J connectivity index is 0.912. The van der Waals surface area contributed by atoms with Crippen LogP contribution in [0.4, 0.5) is 0 Å². The van der Waals surface area contributed by atoms with Gasteiger partial charge in [-0.05, 0) is 94.5 Å². The summed E-state index contributed by atoms with van der Waals surface area (Å²) in [5, 5.41) is 14.5. The maximum atomic E-state index is 10.2. The van der Waals surface area contributed by atoms with Crippen molar-refractivity contribution in [1.82, 2.24) is 34.1 Å². The van der Waals surface area contributed by atoms with E-state index in [0.29, 0.717) is 5.56 Å². The van der Waals surface area contributed by atoms with Gasteiger partial charge in [0.15, 0.2) is 0 Å². The highest BCUT2D eigenvalue weighted by atomic mass is 15.1. The fourth-order valence-corrected chi connectivity index (χ4v) is 12.3. The fraction of sp³-hybridized carbons (Fsp3) is 0. The molecule has 16 rings (SSSR count). The fourth-order valence-electron chi connectivity index (χ4n) is 12.3. The molecular formula is C80H50N8. The Morgan fingerprint density at radius 3 is 0.864 bits per heavy atom. The van der Waals surface area contributed by atoms with Crippen LogP contribution >= 0.6 is 0 Å². The molecule has 0 aliphatic rings. The monoisotopic (exact) mass is 1120 g/mol. The van der Waals surface area contributed by atoms with E-state index in [1.54, 1.807) is 0 Å². The minimum absolute atomic E-state index is 0.574. The van der Waals surface area contributed by atoms with Crippen molar-refractivity contribution in [2.24, 2.45) is 0 Å². The average molecular weight is 1120 g/mol. The van der Waals surface area contributed by atoms with Crippen LogP contribution in [-0.2, 0) is 0 Å². The first-order chi connectivity index (χ1) is 43.5. The van der Waals surface area contributed by atoms with Gasteiger partial charge in [-0.25, -0.2) is 4.98 Å². The average Bonchev–Trinajstić information content (AvgIpc) is 2.34. The van der Waals surface area contributed by atoms with Gasteiger partial charge in [0, 0.05) is 96.4 Å². The molecule has 8 nitrogen and oxygen atoms in total. The maximum absolute atomic E-state index is 10.2. The highest BCUT2D eigenvalue weighted by Crippen LogP contribution is 2.43. The Bertz CT molecular complexity index is 5030. The zero-order valence-electron chi connectivity index (χ0n) is 47.4. The molecular weight excluding hydrogens is 1070 g/mol. The SMILES string of the molecule is N#Cc1ccc(-c2cc(-n3c4cc(-c5ccc(-c6ccccc6)nc5)ccc4c4ccc(-c5ccc(-c6ccccc6)nc5)cc43)ncc2-n2c3cc(-c4ccc(-c5ccccc5)nc4)ccc3c3ccc(-c4ccc(-c5ccccc5)nc4)cc32)cc1. The third-order valence-corrected chi connectivity index (χ3v) is 16.9. The molecule has 0 atom stereocenters. The molecule has 0 aliphatic heterocycles. The van der Waals surface area contributed by atoms with Gasteiger partial charge in [0.2, 0.25) is 0 Å². The van der Waals surface area contributed by atoms with Crippen molar-refractivity contribution in [3.63, 3.8) is 0 Å². The van der Waals surface area contributed by atoms with E-state index in [9.17, 15) is 5.26 Å². The third-order valence-electron chi connectivity index (χ3n) is 16.9. The van der Waals surface area contributed by atoms with E-state index < -0.39 is 0 Å². The molecule has 16 aromatic rings. The molecule has 410 valence electrons. The second-order valence-electron chi connectivity index (χ2n) is 22.0. The summed E-state index contributed by atoms with van der Waals surface area (Å²) in [6, 6.07) is 97.3. The zero-order valence-corrected chi connectivity index (χ0v) is 47.4. The summed E-state index contributed by atoms with van der Waals surface area (Å²) in [6.45, 7) is 0. The minimum atomic E-state index is 0.574. The standard InChI is InChI=1S/C80H50N8/c81-46-52-21-23-53(24-22-52)70-45-80(88-77-43-60(64-31-39-73(84-49-64)56-17-9-3-10-18-56)27-35-68(77)69-36-28-61(44-78(69)88)65-32-40-74(85-50-65)57-19-11-4-12-20-57)86-51-79(70)87-75-41-58(62-29-37-71(82-47-62)54-13-5-1-6-14-54)25-33-66(75)67-34-26-59(42-76(67)87)63-30-38-72(83-48-63)55-15-7-2-8-16-55/h1-45,47-51H. The topological polar surface area (TPSA) is 98.1 Å². The number of hydrogen-bond donors (Lipinski definition) is 0. The summed E-state index contributed by atoms with van der Waals surface area (Å²) in [4.78, 5) is 25.4. The van der Waals surface area contributed by atoms with E-state index in [1.165, 1.54) is 0 Å².